The molecule has 0 atom stereocenters. The lowest BCUT2D eigenvalue weighted by Gasteiger charge is -2.05. The Labute approximate surface area is 109 Å². The molecule has 1 aromatic carbocycles. The monoisotopic (exact) mass is 260 g/mol. The Morgan fingerprint density at radius 1 is 1.32 bits per heavy atom. The molecule has 5 heteroatoms. The number of hydrogen-bond donors (Lipinski definition) is 0. The first-order chi connectivity index (χ1) is 9.04. The van der Waals surface area contributed by atoms with E-state index in [1.165, 1.54) is 22.9 Å². The Bertz CT molecular complexity index is 647. The molecule has 1 heterocycles. The lowest BCUT2D eigenvalue weighted by Crippen LogP contribution is -2.26. The highest BCUT2D eigenvalue weighted by molar-refractivity contribution is 5.80. The summed E-state index contributed by atoms with van der Waals surface area (Å²) in [5.41, 5.74) is 1.09. The Hall–Kier alpha value is -2.30. The van der Waals surface area contributed by atoms with Crippen molar-refractivity contribution >= 4 is 5.78 Å². The second-order valence-corrected chi connectivity index (χ2v) is 4.38. The zero-order valence-electron chi connectivity index (χ0n) is 10.5. The maximum Gasteiger partial charge on any atom is 0.347 e. The van der Waals surface area contributed by atoms with Crippen molar-refractivity contribution in [1.29, 1.82) is 0 Å². The molecule has 4 nitrogen and oxygen atoms in total. The first-order valence-electron chi connectivity index (χ1n) is 5.84. The third-order valence-electron chi connectivity index (χ3n) is 2.65. The average Bonchev–Trinajstić information content (AvgIpc) is 2.37. The zero-order chi connectivity index (χ0) is 13.8. The summed E-state index contributed by atoms with van der Waals surface area (Å²) in [4.78, 5) is 27.0. The molecule has 0 fully saturated rings. The molecular formula is C14H13FN2O2. The highest BCUT2D eigenvalue weighted by Crippen LogP contribution is 2.04. The quantitative estimate of drug-likeness (QED) is 0.837. The molecule has 1 aromatic heterocycles. The van der Waals surface area contributed by atoms with E-state index in [1.54, 1.807) is 25.3 Å². The lowest BCUT2D eigenvalue weighted by atomic mass is 10.1. The van der Waals surface area contributed by atoms with Gasteiger partial charge in [0.2, 0.25) is 0 Å². The molecule has 98 valence electrons. The van der Waals surface area contributed by atoms with E-state index in [-0.39, 0.29) is 24.6 Å². The van der Waals surface area contributed by atoms with Crippen LogP contribution in [-0.2, 0) is 17.8 Å². The number of benzene rings is 1. The van der Waals surface area contributed by atoms with Crippen molar-refractivity contribution in [2.45, 2.75) is 19.9 Å². The van der Waals surface area contributed by atoms with E-state index in [2.05, 4.69) is 4.98 Å². The zero-order valence-corrected chi connectivity index (χ0v) is 10.5. The van der Waals surface area contributed by atoms with Crippen molar-refractivity contribution in [3.05, 3.63) is 64.1 Å². The number of Topliss-reactive ketones (excluding diaryl/α,β-unsaturated/α-hetero) is 1. The van der Waals surface area contributed by atoms with E-state index in [0.29, 0.717) is 0 Å². The van der Waals surface area contributed by atoms with Crippen LogP contribution in [0.3, 0.4) is 0 Å². The Balaban J connectivity index is 2.07. The number of aryl methyl sites for hydroxylation is 1. The van der Waals surface area contributed by atoms with Gasteiger partial charge in [0.15, 0.2) is 5.78 Å². The summed E-state index contributed by atoms with van der Waals surface area (Å²) in [6.45, 7) is 1.78. The molecule has 0 N–H and O–H groups in total. The van der Waals surface area contributed by atoms with Crippen LogP contribution in [0.1, 0.15) is 11.1 Å². The molecule has 0 aliphatic rings. The third-order valence-corrected chi connectivity index (χ3v) is 2.65. The Morgan fingerprint density at radius 2 is 2.00 bits per heavy atom. The van der Waals surface area contributed by atoms with Crippen LogP contribution in [0.25, 0.3) is 0 Å². The van der Waals surface area contributed by atoms with E-state index in [0.717, 1.165) is 11.1 Å². The van der Waals surface area contributed by atoms with Gasteiger partial charge in [-0.3, -0.25) is 9.36 Å². The van der Waals surface area contributed by atoms with E-state index >= 15 is 0 Å². The summed E-state index contributed by atoms with van der Waals surface area (Å²) in [6.07, 6.45) is 3.22. The second kappa shape index (κ2) is 5.56. The molecule has 2 rings (SSSR count). The van der Waals surface area contributed by atoms with Crippen molar-refractivity contribution in [1.82, 2.24) is 9.55 Å². The number of ketones is 1. The molecule has 0 saturated carbocycles. The number of nitrogens with zero attached hydrogens (tertiary/aromatic N) is 2. The largest absolute Gasteiger partial charge is 0.347 e. The summed E-state index contributed by atoms with van der Waals surface area (Å²) in [6, 6.07) is 5.74. The van der Waals surface area contributed by atoms with Gasteiger partial charge in [0.1, 0.15) is 5.82 Å². The molecule has 0 amide bonds. The molecule has 0 spiro atoms. The van der Waals surface area contributed by atoms with Crippen LogP contribution < -0.4 is 5.69 Å². The van der Waals surface area contributed by atoms with Gasteiger partial charge in [-0.1, -0.05) is 12.1 Å². The van der Waals surface area contributed by atoms with Gasteiger partial charge in [-0.15, -0.1) is 0 Å². The van der Waals surface area contributed by atoms with Gasteiger partial charge in [-0.2, -0.15) is 0 Å². The van der Waals surface area contributed by atoms with Gasteiger partial charge in [-0.25, -0.2) is 14.2 Å². The maximum atomic E-state index is 12.7. The SMILES string of the molecule is Cc1cnc(=O)n(CC(=O)Cc2ccc(F)cc2)c1. The predicted octanol–water partition coefficient (Wildman–Crippen LogP) is 1.50. The van der Waals surface area contributed by atoms with Crippen LogP contribution in [0.4, 0.5) is 4.39 Å². The van der Waals surface area contributed by atoms with Crippen LogP contribution >= 0.6 is 0 Å². The van der Waals surface area contributed by atoms with Gasteiger partial charge < -0.3 is 0 Å². The van der Waals surface area contributed by atoms with Gasteiger partial charge in [0.05, 0.1) is 6.54 Å². The first kappa shape index (κ1) is 13.1. The molecule has 0 bridgehead atoms. The Kier molecular flexibility index (Phi) is 3.85. The van der Waals surface area contributed by atoms with Crippen molar-refractivity contribution < 1.29 is 9.18 Å². The predicted molar refractivity (Wildman–Crippen MR) is 68.3 cm³/mol. The smallest absolute Gasteiger partial charge is 0.297 e. The van der Waals surface area contributed by atoms with Crippen LogP contribution in [0.15, 0.2) is 41.5 Å². The van der Waals surface area contributed by atoms with E-state index in [4.69, 9.17) is 0 Å². The topological polar surface area (TPSA) is 52.0 Å². The van der Waals surface area contributed by atoms with Gasteiger partial charge in [-0.05, 0) is 30.2 Å². The summed E-state index contributed by atoms with van der Waals surface area (Å²) in [7, 11) is 0. The van der Waals surface area contributed by atoms with Crippen molar-refractivity contribution in [2.75, 3.05) is 0 Å². The van der Waals surface area contributed by atoms with Crippen LogP contribution in [0.5, 0.6) is 0 Å². The summed E-state index contributed by atoms with van der Waals surface area (Å²) >= 11 is 0. The average molecular weight is 260 g/mol. The van der Waals surface area contributed by atoms with Crippen LogP contribution in [0.2, 0.25) is 0 Å². The first-order valence-corrected chi connectivity index (χ1v) is 5.84. The highest BCUT2D eigenvalue weighted by atomic mass is 19.1. The number of aromatic nitrogens is 2. The molecule has 0 unspecified atom stereocenters. The molecule has 0 saturated heterocycles. The minimum Gasteiger partial charge on any atom is -0.297 e. The van der Waals surface area contributed by atoms with E-state index in [1.807, 2.05) is 0 Å². The summed E-state index contributed by atoms with van der Waals surface area (Å²) in [5.74, 6) is -0.462. The molecule has 19 heavy (non-hydrogen) atoms. The molecule has 0 radical (unpaired) electrons. The highest BCUT2D eigenvalue weighted by Gasteiger charge is 2.07. The fraction of sp³-hybridized carbons (Fsp3) is 0.214. The lowest BCUT2D eigenvalue weighted by molar-refractivity contribution is -0.119. The van der Waals surface area contributed by atoms with E-state index < -0.39 is 5.69 Å². The number of carbonyl (C=O) groups is 1. The van der Waals surface area contributed by atoms with E-state index in [9.17, 15) is 14.0 Å². The third kappa shape index (κ3) is 3.58. The van der Waals surface area contributed by atoms with Gasteiger partial charge in [0.25, 0.3) is 0 Å². The number of hydrogen-bond acceptors (Lipinski definition) is 3. The summed E-state index contributed by atoms with van der Waals surface area (Å²) in [5, 5.41) is 0. The second-order valence-electron chi connectivity index (χ2n) is 4.38. The fourth-order valence-corrected chi connectivity index (χ4v) is 1.75. The number of halogens is 1. The maximum absolute atomic E-state index is 12.7. The normalized spacial score (nSPS) is 10.4. The van der Waals surface area contributed by atoms with Crippen LogP contribution in [0, 0.1) is 12.7 Å². The minimum absolute atomic E-state index is 0.0229. The fourth-order valence-electron chi connectivity index (χ4n) is 1.75. The number of carbonyl (C=O) groups excluding carboxylic acids is 1. The molecule has 0 aliphatic heterocycles. The van der Waals surface area contributed by atoms with Gasteiger partial charge >= 0.3 is 5.69 Å². The summed E-state index contributed by atoms with van der Waals surface area (Å²) < 4.78 is 14.0. The molecule has 0 aliphatic carbocycles. The number of rotatable bonds is 4. The molecular weight excluding hydrogens is 247 g/mol. The van der Waals surface area contributed by atoms with Crippen molar-refractivity contribution in [2.24, 2.45) is 0 Å². The van der Waals surface area contributed by atoms with Crippen molar-refractivity contribution in [3.63, 3.8) is 0 Å². The Morgan fingerprint density at radius 3 is 2.68 bits per heavy atom. The minimum atomic E-state index is -0.446. The van der Waals surface area contributed by atoms with Gasteiger partial charge in [0, 0.05) is 18.8 Å². The molecule has 2 aromatic rings. The van der Waals surface area contributed by atoms with Crippen LogP contribution in [-0.4, -0.2) is 15.3 Å². The standard InChI is InChI=1S/C14H13FN2O2/c1-10-7-16-14(19)17(8-10)9-13(18)6-11-2-4-12(15)5-3-11/h2-5,7-8H,6,9H2,1H3. The van der Waals surface area contributed by atoms with Crippen molar-refractivity contribution in [3.8, 4) is 0 Å².